The third-order valence-corrected chi connectivity index (χ3v) is 4.28. The van der Waals surface area contributed by atoms with Crippen LogP contribution in [0.3, 0.4) is 0 Å². The molecule has 130 valence electrons. The summed E-state index contributed by atoms with van der Waals surface area (Å²) in [5, 5.41) is 0. The lowest BCUT2D eigenvalue weighted by Crippen LogP contribution is -2.26. The van der Waals surface area contributed by atoms with E-state index in [1.807, 2.05) is 24.5 Å². The molecular formula is C20H28N2O2. The van der Waals surface area contributed by atoms with Gasteiger partial charge < -0.3 is 9.30 Å². The van der Waals surface area contributed by atoms with Gasteiger partial charge in [-0.05, 0) is 5.92 Å². The normalized spacial score (nSPS) is 13.1. The summed E-state index contributed by atoms with van der Waals surface area (Å²) in [6.07, 6.45) is 2.22. The van der Waals surface area contributed by atoms with Crippen molar-refractivity contribution in [3.63, 3.8) is 0 Å². The Morgan fingerprint density at radius 2 is 1.83 bits per heavy atom. The molecule has 1 atom stereocenters. The molecule has 1 aromatic heterocycles. The minimum atomic E-state index is -0.191. The van der Waals surface area contributed by atoms with Gasteiger partial charge in [0.1, 0.15) is 0 Å². The molecule has 0 amide bonds. The molecule has 0 aliphatic carbocycles. The molecule has 0 fully saturated rings. The van der Waals surface area contributed by atoms with Gasteiger partial charge in [-0.3, -0.25) is 4.79 Å². The van der Waals surface area contributed by atoms with E-state index in [9.17, 15) is 4.79 Å². The van der Waals surface area contributed by atoms with Crippen LogP contribution in [-0.2, 0) is 14.9 Å². The second kappa shape index (κ2) is 7.20. The Morgan fingerprint density at radius 1 is 1.21 bits per heavy atom. The Labute approximate surface area is 144 Å². The molecule has 0 saturated carbocycles. The summed E-state index contributed by atoms with van der Waals surface area (Å²) in [5.74, 6) is 0.103. The third kappa shape index (κ3) is 3.86. The number of imidazole rings is 1. The highest BCUT2D eigenvalue weighted by atomic mass is 16.5. The summed E-state index contributed by atoms with van der Waals surface area (Å²) >= 11 is 0. The highest BCUT2D eigenvalue weighted by molar-refractivity contribution is 5.70. The van der Waals surface area contributed by atoms with Crippen LogP contribution in [0.5, 0.6) is 0 Å². The van der Waals surface area contributed by atoms with Crippen LogP contribution in [-0.4, -0.2) is 22.6 Å². The van der Waals surface area contributed by atoms with Crippen LogP contribution in [0, 0.1) is 5.92 Å². The number of benzene rings is 1. The number of carbonyl (C=O) groups is 1. The van der Waals surface area contributed by atoms with Crippen LogP contribution in [0.2, 0.25) is 0 Å². The number of esters is 1. The Kier molecular flexibility index (Phi) is 5.47. The van der Waals surface area contributed by atoms with Crippen molar-refractivity contribution in [3.8, 4) is 11.3 Å². The summed E-state index contributed by atoms with van der Waals surface area (Å²) < 4.78 is 7.07. The maximum atomic E-state index is 11.9. The largest absolute Gasteiger partial charge is 0.469 e. The van der Waals surface area contributed by atoms with E-state index >= 15 is 0 Å². The van der Waals surface area contributed by atoms with Crippen LogP contribution in [0.4, 0.5) is 0 Å². The van der Waals surface area contributed by atoms with Crippen LogP contribution < -0.4 is 0 Å². The Morgan fingerprint density at radius 3 is 2.33 bits per heavy atom. The van der Waals surface area contributed by atoms with Gasteiger partial charge in [0.15, 0.2) is 0 Å². The zero-order valence-electron chi connectivity index (χ0n) is 15.5. The van der Waals surface area contributed by atoms with Gasteiger partial charge >= 0.3 is 5.97 Å². The van der Waals surface area contributed by atoms with Gasteiger partial charge in [-0.15, -0.1) is 0 Å². The van der Waals surface area contributed by atoms with Crippen molar-refractivity contribution >= 4 is 5.97 Å². The quantitative estimate of drug-likeness (QED) is 0.753. The van der Waals surface area contributed by atoms with Crippen molar-refractivity contribution < 1.29 is 9.53 Å². The predicted octanol–water partition coefficient (Wildman–Crippen LogP) is 4.61. The molecule has 0 unspecified atom stereocenters. The van der Waals surface area contributed by atoms with Gasteiger partial charge in [0.2, 0.25) is 0 Å². The second-order valence-corrected chi connectivity index (χ2v) is 7.56. The number of aromatic nitrogens is 2. The number of ether oxygens (including phenoxy) is 1. The Hall–Kier alpha value is -2.10. The monoisotopic (exact) mass is 328 g/mol. The van der Waals surface area contributed by atoms with Crippen molar-refractivity contribution in [2.45, 2.75) is 52.5 Å². The zero-order chi connectivity index (χ0) is 17.9. The van der Waals surface area contributed by atoms with Crippen LogP contribution >= 0.6 is 0 Å². The summed E-state index contributed by atoms with van der Waals surface area (Å²) in [4.78, 5) is 16.6. The molecule has 2 rings (SSSR count). The van der Waals surface area contributed by atoms with E-state index in [0.717, 1.165) is 17.0 Å². The lowest BCUT2D eigenvalue weighted by molar-refractivity contribution is -0.141. The number of carbonyl (C=O) groups excluding carboxylic acids is 1. The maximum absolute atomic E-state index is 11.9. The van der Waals surface area contributed by atoms with E-state index in [0.29, 0.717) is 12.3 Å². The molecule has 1 aromatic carbocycles. The summed E-state index contributed by atoms with van der Waals surface area (Å²) in [7, 11) is 1.44. The van der Waals surface area contributed by atoms with Crippen molar-refractivity contribution in [1.82, 2.24) is 9.55 Å². The van der Waals surface area contributed by atoms with Gasteiger partial charge in [-0.2, -0.15) is 0 Å². The minimum absolute atomic E-state index is 0.0247. The molecule has 0 aliphatic rings. The number of methoxy groups -OCH3 is 1. The van der Waals surface area contributed by atoms with Gasteiger partial charge in [-0.25, -0.2) is 4.98 Å². The van der Waals surface area contributed by atoms with Gasteiger partial charge in [0, 0.05) is 17.0 Å². The molecule has 0 radical (unpaired) electrons. The Balaban J connectivity index is 2.58. The van der Waals surface area contributed by atoms with E-state index in [-0.39, 0.29) is 17.4 Å². The molecule has 24 heavy (non-hydrogen) atoms. The highest BCUT2D eigenvalue weighted by Crippen LogP contribution is 2.36. The van der Waals surface area contributed by atoms with E-state index in [2.05, 4.69) is 51.3 Å². The molecule has 4 nitrogen and oxygen atoms in total. The summed E-state index contributed by atoms with van der Waals surface area (Å²) in [6, 6.07) is 10.2. The molecule has 1 heterocycles. The van der Waals surface area contributed by atoms with Crippen LogP contribution in [0.15, 0.2) is 36.7 Å². The lowest BCUT2D eigenvalue weighted by atomic mass is 9.87. The maximum Gasteiger partial charge on any atom is 0.307 e. The molecule has 2 aromatic rings. The smallest absolute Gasteiger partial charge is 0.307 e. The average Bonchev–Trinajstić information content (AvgIpc) is 2.97. The van der Waals surface area contributed by atoms with Crippen molar-refractivity contribution in [2.75, 3.05) is 7.11 Å². The number of nitrogens with zero attached hydrogens (tertiary/aromatic N) is 2. The average molecular weight is 328 g/mol. The first-order valence-corrected chi connectivity index (χ1v) is 8.45. The molecule has 0 spiro atoms. The van der Waals surface area contributed by atoms with Gasteiger partial charge in [0.05, 0.1) is 31.2 Å². The van der Waals surface area contributed by atoms with Crippen LogP contribution in [0.25, 0.3) is 11.3 Å². The van der Waals surface area contributed by atoms with E-state index in [1.54, 1.807) is 0 Å². The third-order valence-electron chi connectivity index (χ3n) is 4.28. The van der Waals surface area contributed by atoms with Gasteiger partial charge in [-0.1, -0.05) is 65.0 Å². The first kappa shape index (κ1) is 18.2. The van der Waals surface area contributed by atoms with Gasteiger partial charge in [0.25, 0.3) is 0 Å². The first-order valence-electron chi connectivity index (χ1n) is 8.45. The van der Waals surface area contributed by atoms with Crippen molar-refractivity contribution in [3.05, 3.63) is 42.4 Å². The number of hydrogen-bond acceptors (Lipinski definition) is 3. The fourth-order valence-electron chi connectivity index (χ4n) is 3.07. The van der Waals surface area contributed by atoms with Crippen LogP contribution in [0.1, 0.15) is 52.8 Å². The molecule has 4 heteroatoms. The molecule has 0 bridgehead atoms. The lowest BCUT2D eigenvalue weighted by Gasteiger charge is -2.29. The van der Waals surface area contributed by atoms with E-state index in [4.69, 9.17) is 9.72 Å². The molecule has 0 N–H and O–H groups in total. The Bertz CT molecular complexity index is 681. The van der Waals surface area contributed by atoms with E-state index < -0.39 is 0 Å². The standard InChI is InChI=1S/C20H28N2O2/c1-14(2)16(12-17(23)24-6)22-13-21-18(19(22)20(3,4)5)15-10-8-7-9-11-15/h7-11,13-14,16H,12H2,1-6H3/t16-/m1/s1. The van der Waals surface area contributed by atoms with Crippen molar-refractivity contribution in [2.24, 2.45) is 5.92 Å². The summed E-state index contributed by atoms with van der Waals surface area (Å²) in [6.45, 7) is 10.8. The predicted molar refractivity (Wildman–Crippen MR) is 96.9 cm³/mol. The fraction of sp³-hybridized carbons (Fsp3) is 0.500. The van der Waals surface area contributed by atoms with E-state index in [1.165, 1.54) is 7.11 Å². The molecule has 0 saturated heterocycles. The van der Waals surface area contributed by atoms with Crippen molar-refractivity contribution in [1.29, 1.82) is 0 Å². The highest BCUT2D eigenvalue weighted by Gasteiger charge is 2.30. The topological polar surface area (TPSA) is 44.1 Å². The SMILES string of the molecule is COC(=O)C[C@H](C(C)C)n1cnc(-c2ccccc2)c1C(C)(C)C. The minimum Gasteiger partial charge on any atom is -0.469 e. The number of hydrogen-bond donors (Lipinski definition) is 0. The number of rotatable bonds is 5. The first-order chi connectivity index (χ1) is 11.3. The summed E-state index contributed by atoms with van der Waals surface area (Å²) in [5.41, 5.74) is 3.14. The second-order valence-electron chi connectivity index (χ2n) is 7.56. The zero-order valence-corrected chi connectivity index (χ0v) is 15.5. The fourth-order valence-corrected chi connectivity index (χ4v) is 3.07. The molecule has 0 aliphatic heterocycles. The molecular weight excluding hydrogens is 300 g/mol.